The Hall–Kier alpha value is -2.70. The van der Waals surface area contributed by atoms with E-state index in [0.717, 1.165) is 11.1 Å². The molecule has 0 aliphatic carbocycles. The molecular weight excluding hydrogens is 382 g/mol. The molecule has 0 N–H and O–H groups in total. The standard InChI is InChI=1S/C20H14ClN3O2S/c21-14-5-3-13(4-6-14)20-16-12-22-8-7-15(16)18(25)23(20)9-10-24(20)19(26)17-2-1-11-27-17/h1-8,11-12H,9-10H2. The van der Waals surface area contributed by atoms with Crippen LogP contribution in [0.25, 0.3) is 0 Å². The molecule has 5 rings (SSSR count). The number of hydrogen-bond donors (Lipinski definition) is 0. The molecule has 2 aliphatic heterocycles. The molecule has 0 radical (unpaired) electrons. The smallest absolute Gasteiger partial charge is 0.266 e. The lowest BCUT2D eigenvalue weighted by Gasteiger charge is -2.40. The zero-order chi connectivity index (χ0) is 18.6. The molecule has 5 nitrogen and oxygen atoms in total. The molecule has 0 bridgehead atoms. The van der Waals surface area contributed by atoms with Gasteiger partial charge in [0.15, 0.2) is 5.66 Å². The van der Waals surface area contributed by atoms with Gasteiger partial charge in [0.1, 0.15) is 0 Å². The van der Waals surface area contributed by atoms with Crippen molar-refractivity contribution in [1.82, 2.24) is 14.8 Å². The van der Waals surface area contributed by atoms with Crippen molar-refractivity contribution in [2.45, 2.75) is 5.66 Å². The summed E-state index contributed by atoms with van der Waals surface area (Å²) in [5, 5.41) is 2.48. The number of amides is 2. The minimum atomic E-state index is -0.994. The first-order valence-corrected chi connectivity index (χ1v) is 9.78. The summed E-state index contributed by atoms with van der Waals surface area (Å²) in [6, 6.07) is 12.7. The minimum Gasteiger partial charge on any atom is -0.306 e. The van der Waals surface area contributed by atoms with Crippen LogP contribution in [-0.4, -0.2) is 39.7 Å². The lowest BCUT2D eigenvalue weighted by Crippen LogP contribution is -2.51. The van der Waals surface area contributed by atoms with Gasteiger partial charge in [0.05, 0.1) is 10.4 Å². The van der Waals surface area contributed by atoms with Crippen molar-refractivity contribution in [1.29, 1.82) is 0 Å². The third kappa shape index (κ3) is 2.14. The third-order valence-corrected chi connectivity index (χ3v) is 6.33. The Labute approximate surface area is 164 Å². The van der Waals surface area contributed by atoms with Crippen LogP contribution in [0.3, 0.4) is 0 Å². The second kappa shape index (κ2) is 5.90. The van der Waals surface area contributed by atoms with Crippen LogP contribution < -0.4 is 0 Å². The van der Waals surface area contributed by atoms with Crippen molar-refractivity contribution in [3.8, 4) is 0 Å². The number of hydrogen-bond acceptors (Lipinski definition) is 4. The molecule has 1 atom stereocenters. The predicted octanol–water partition coefficient (Wildman–Crippen LogP) is 3.61. The van der Waals surface area contributed by atoms with Crippen LogP contribution in [0.1, 0.15) is 31.2 Å². The van der Waals surface area contributed by atoms with Crippen molar-refractivity contribution in [3.05, 3.63) is 86.8 Å². The fraction of sp³-hybridized carbons (Fsp3) is 0.150. The Morgan fingerprint density at radius 3 is 2.70 bits per heavy atom. The molecule has 1 aromatic carbocycles. The third-order valence-electron chi connectivity index (χ3n) is 5.22. The van der Waals surface area contributed by atoms with E-state index < -0.39 is 5.66 Å². The summed E-state index contributed by atoms with van der Waals surface area (Å²) in [5.41, 5.74) is 1.16. The van der Waals surface area contributed by atoms with E-state index >= 15 is 0 Å². The van der Waals surface area contributed by atoms with Crippen LogP contribution in [0.5, 0.6) is 0 Å². The van der Waals surface area contributed by atoms with Crippen LogP contribution >= 0.6 is 22.9 Å². The highest BCUT2D eigenvalue weighted by Crippen LogP contribution is 2.50. The Morgan fingerprint density at radius 1 is 1.15 bits per heavy atom. The quantitative estimate of drug-likeness (QED) is 0.666. The first-order valence-electron chi connectivity index (χ1n) is 8.52. The first-order chi connectivity index (χ1) is 13.1. The van der Waals surface area contributed by atoms with E-state index in [9.17, 15) is 9.59 Å². The van der Waals surface area contributed by atoms with Crippen molar-refractivity contribution in [3.63, 3.8) is 0 Å². The Kier molecular flexibility index (Phi) is 3.60. The van der Waals surface area contributed by atoms with Gasteiger partial charge < -0.3 is 9.80 Å². The van der Waals surface area contributed by atoms with Crippen LogP contribution in [0.15, 0.2) is 60.2 Å². The highest BCUT2D eigenvalue weighted by molar-refractivity contribution is 7.12. The molecule has 0 saturated carbocycles. The average Bonchev–Trinajstić information content (AvgIpc) is 3.40. The van der Waals surface area contributed by atoms with Gasteiger partial charge in [-0.1, -0.05) is 29.8 Å². The van der Waals surface area contributed by atoms with E-state index in [-0.39, 0.29) is 11.8 Å². The number of thiophene rings is 1. The molecule has 1 unspecified atom stereocenters. The van der Waals surface area contributed by atoms with Gasteiger partial charge in [0.2, 0.25) is 0 Å². The lowest BCUT2D eigenvalue weighted by molar-refractivity contribution is 0.0378. The van der Waals surface area contributed by atoms with Gasteiger partial charge in [0, 0.05) is 41.6 Å². The largest absolute Gasteiger partial charge is 0.306 e. The zero-order valence-electron chi connectivity index (χ0n) is 14.1. The number of carbonyl (C=O) groups excluding carboxylic acids is 2. The number of pyridine rings is 1. The van der Waals surface area contributed by atoms with Gasteiger partial charge in [-0.05, 0) is 29.6 Å². The Bertz CT molecular complexity index is 1050. The number of fused-ring (bicyclic) bond motifs is 3. The van der Waals surface area contributed by atoms with E-state index in [1.54, 1.807) is 40.4 Å². The minimum absolute atomic E-state index is 0.0798. The number of carbonyl (C=O) groups is 2. The summed E-state index contributed by atoms with van der Waals surface area (Å²) < 4.78 is 0. The molecule has 1 saturated heterocycles. The summed E-state index contributed by atoms with van der Waals surface area (Å²) in [7, 11) is 0. The monoisotopic (exact) mass is 395 g/mol. The summed E-state index contributed by atoms with van der Waals surface area (Å²) in [6.45, 7) is 0.923. The van der Waals surface area contributed by atoms with Crippen LogP contribution in [-0.2, 0) is 5.66 Å². The van der Waals surface area contributed by atoms with E-state index in [1.807, 2.05) is 29.6 Å². The van der Waals surface area contributed by atoms with Crippen molar-refractivity contribution >= 4 is 34.8 Å². The van der Waals surface area contributed by atoms with Gasteiger partial charge >= 0.3 is 0 Å². The number of nitrogens with zero attached hydrogens (tertiary/aromatic N) is 3. The maximum atomic E-state index is 13.4. The molecule has 0 spiro atoms. The lowest BCUT2D eigenvalue weighted by atomic mass is 9.91. The zero-order valence-corrected chi connectivity index (χ0v) is 15.7. The molecule has 2 aromatic heterocycles. The Morgan fingerprint density at radius 2 is 1.96 bits per heavy atom. The fourth-order valence-corrected chi connectivity index (χ4v) is 4.94. The van der Waals surface area contributed by atoms with E-state index in [4.69, 9.17) is 11.6 Å². The first kappa shape index (κ1) is 16.5. The number of halogens is 1. The average molecular weight is 396 g/mol. The maximum Gasteiger partial charge on any atom is 0.266 e. The number of aromatic nitrogens is 1. The Balaban J connectivity index is 1.78. The second-order valence-corrected chi connectivity index (χ2v) is 7.88. The van der Waals surface area contributed by atoms with Crippen molar-refractivity contribution in [2.24, 2.45) is 0 Å². The molecular formula is C20H14ClN3O2S. The van der Waals surface area contributed by atoms with Gasteiger partial charge in [-0.2, -0.15) is 0 Å². The van der Waals surface area contributed by atoms with Gasteiger partial charge in [0.25, 0.3) is 11.8 Å². The summed E-state index contributed by atoms with van der Waals surface area (Å²) in [6.07, 6.45) is 3.31. The molecule has 2 aliphatic rings. The van der Waals surface area contributed by atoms with E-state index in [0.29, 0.717) is 28.6 Å². The van der Waals surface area contributed by atoms with E-state index in [2.05, 4.69) is 4.98 Å². The second-order valence-electron chi connectivity index (χ2n) is 6.49. The molecule has 2 amide bonds. The van der Waals surface area contributed by atoms with Crippen LogP contribution in [0.2, 0.25) is 5.02 Å². The molecule has 27 heavy (non-hydrogen) atoms. The van der Waals surface area contributed by atoms with Gasteiger partial charge in [-0.25, -0.2) is 0 Å². The van der Waals surface area contributed by atoms with Crippen molar-refractivity contribution < 1.29 is 9.59 Å². The van der Waals surface area contributed by atoms with Crippen LogP contribution in [0.4, 0.5) is 0 Å². The molecule has 4 heterocycles. The normalized spacial score (nSPS) is 20.7. The van der Waals surface area contributed by atoms with Gasteiger partial charge in [-0.3, -0.25) is 14.6 Å². The highest BCUT2D eigenvalue weighted by atomic mass is 35.5. The molecule has 1 fully saturated rings. The summed E-state index contributed by atoms with van der Waals surface area (Å²) in [5.74, 6) is -0.171. The summed E-state index contributed by atoms with van der Waals surface area (Å²) in [4.78, 5) is 34.9. The fourth-order valence-electron chi connectivity index (χ4n) is 4.14. The molecule has 134 valence electrons. The molecule has 7 heteroatoms. The SMILES string of the molecule is O=C(c1cccs1)N1CCN2C(=O)c3ccncc3C12c1ccc(Cl)cc1. The summed E-state index contributed by atoms with van der Waals surface area (Å²) >= 11 is 7.50. The van der Waals surface area contributed by atoms with Crippen molar-refractivity contribution in [2.75, 3.05) is 13.1 Å². The van der Waals surface area contributed by atoms with E-state index in [1.165, 1.54) is 11.3 Å². The maximum absolute atomic E-state index is 13.4. The van der Waals surface area contributed by atoms with Gasteiger partial charge in [-0.15, -0.1) is 11.3 Å². The topological polar surface area (TPSA) is 53.5 Å². The highest BCUT2D eigenvalue weighted by Gasteiger charge is 2.60. The van der Waals surface area contributed by atoms with Crippen LogP contribution in [0, 0.1) is 0 Å². The number of rotatable bonds is 2. The predicted molar refractivity (Wildman–Crippen MR) is 103 cm³/mol. The number of benzene rings is 1. The molecule has 3 aromatic rings.